The maximum absolute atomic E-state index is 12.3. The molecule has 108 valence electrons. The van der Waals surface area contributed by atoms with Crippen LogP contribution in [-0.2, 0) is 0 Å². The zero-order valence-electron chi connectivity index (χ0n) is 11.7. The zero-order valence-corrected chi connectivity index (χ0v) is 11.7. The molecule has 6 heteroatoms. The maximum Gasteiger partial charge on any atom is 0.305 e. The number of para-hydroxylation sites is 1. The van der Waals surface area contributed by atoms with Crippen LogP contribution in [0.15, 0.2) is 18.2 Å². The first-order chi connectivity index (χ1) is 9.54. The molecule has 1 fully saturated rings. The highest BCUT2D eigenvalue weighted by atomic mass is 16.6. The lowest BCUT2D eigenvalue weighted by atomic mass is 10.1. The van der Waals surface area contributed by atoms with Crippen LogP contribution >= 0.6 is 0 Å². The van der Waals surface area contributed by atoms with Gasteiger partial charge in [-0.25, -0.2) is 0 Å². The Bertz CT molecular complexity index is 530. The molecule has 1 aromatic carbocycles. The topological polar surface area (TPSA) is 84.3 Å². The van der Waals surface area contributed by atoms with Gasteiger partial charge in [0.15, 0.2) is 0 Å². The number of nitrogens with one attached hydrogen (secondary N) is 2. The molecule has 0 saturated heterocycles. The normalized spacial score (nSPS) is 21.5. The van der Waals surface area contributed by atoms with Gasteiger partial charge in [0, 0.05) is 13.1 Å². The molecule has 2 rings (SSSR count). The first-order valence-corrected chi connectivity index (χ1v) is 6.80. The van der Waals surface area contributed by atoms with Crippen LogP contribution in [0.1, 0.15) is 36.5 Å². The lowest BCUT2D eigenvalue weighted by Gasteiger charge is -2.17. The number of nitrogens with zero attached hydrogens (tertiary/aromatic N) is 1. The van der Waals surface area contributed by atoms with E-state index in [2.05, 4.69) is 17.6 Å². The summed E-state index contributed by atoms with van der Waals surface area (Å²) in [5.74, 6) is 0.0537. The van der Waals surface area contributed by atoms with E-state index < -0.39 is 4.92 Å². The average Bonchev–Trinajstić information content (AvgIpc) is 2.83. The molecule has 0 heterocycles. The standard InChI is InChI=1S/C14H19N3O3/c1-9-5-3-7-11(9)16-14(18)10-6-4-8-12(15-2)13(10)17(19)20/h4,6,8-9,11,15H,3,5,7H2,1-2H3,(H,16,18). The van der Waals surface area contributed by atoms with Crippen molar-refractivity contribution < 1.29 is 9.72 Å². The third-order valence-corrected chi connectivity index (χ3v) is 3.91. The molecule has 6 nitrogen and oxygen atoms in total. The van der Waals surface area contributed by atoms with Crippen molar-refractivity contribution >= 4 is 17.3 Å². The van der Waals surface area contributed by atoms with Gasteiger partial charge in [0.1, 0.15) is 11.3 Å². The summed E-state index contributed by atoms with van der Waals surface area (Å²) in [5.41, 5.74) is 0.293. The summed E-state index contributed by atoms with van der Waals surface area (Å²) in [4.78, 5) is 23.0. The van der Waals surface area contributed by atoms with E-state index in [0.717, 1.165) is 19.3 Å². The van der Waals surface area contributed by atoms with E-state index in [-0.39, 0.29) is 23.2 Å². The quantitative estimate of drug-likeness (QED) is 0.654. The molecule has 1 saturated carbocycles. The smallest absolute Gasteiger partial charge is 0.305 e. The van der Waals surface area contributed by atoms with E-state index in [1.54, 1.807) is 19.2 Å². The number of rotatable bonds is 4. The molecule has 1 aliphatic carbocycles. The minimum atomic E-state index is -0.515. The van der Waals surface area contributed by atoms with E-state index in [4.69, 9.17) is 0 Å². The summed E-state index contributed by atoms with van der Waals surface area (Å²) in [5, 5.41) is 16.9. The van der Waals surface area contributed by atoms with Gasteiger partial charge in [0.05, 0.1) is 4.92 Å². The molecular weight excluding hydrogens is 258 g/mol. The summed E-state index contributed by atoms with van der Waals surface area (Å²) in [7, 11) is 1.60. The number of anilines is 1. The summed E-state index contributed by atoms with van der Waals surface area (Å²) in [6, 6.07) is 4.84. The Kier molecular flexibility index (Phi) is 4.22. The fourth-order valence-corrected chi connectivity index (χ4v) is 2.73. The molecule has 2 N–H and O–H groups in total. The van der Waals surface area contributed by atoms with Crippen molar-refractivity contribution in [3.05, 3.63) is 33.9 Å². The van der Waals surface area contributed by atoms with Crippen LogP contribution in [0.3, 0.4) is 0 Å². The second-order valence-electron chi connectivity index (χ2n) is 5.20. The van der Waals surface area contributed by atoms with Crippen molar-refractivity contribution in [1.82, 2.24) is 5.32 Å². The van der Waals surface area contributed by atoms with E-state index in [1.807, 2.05) is 0 Å². The van der Waals surface area contributed by atoms with Crippen molar-refractivity contribution in [3.8, 4) is 0 Å². The van der Waals surface area contributed by atoms with Crippen LogP contribution in [0.2, 0.25) is 0 Å². The van der Waals surface area contributed by atoms with Crippen molar-refractivity contribution in [1.29, 1.82) is 0 Å². The van der Waals surface area contributed by atoms with Gasteiger partial charge < -0.3 is 10.6 Å². The molecule has 2 unspecified atom stereocenters. The maximum atomic E-state index is 12.3. The van der Waals surface area contributed by atoms with Crippen LogP contribution in [0.5, 0.6) is 0 Å². The highest BCUT2D eigenvalue weighted by Crippen LogP contribution is 2.29. The minimum absolute atomic E-state index is 0.111. The first-order valence-electron chi connectivity index (χ1n) is 6.80. The predicted molar refractivity (Wildman–Crippen MR) is 76.9 cm³/mol. The highest BCUT2D eigenvalue weighted by molar-refractivity contribution is 6.00. The van der Waals surface area contributed by atoms with Crippen molar-refractivity contribution in [2.45, 2.75) is 32.2 Å². The Morgan fingerprint density at radius 2 is 2.15 bits per heavy atom. The Morgan fingerprint density at radius 1 is 1.40 bits per heavy atom. The number of nitro benzene ring substituents is 1. The number of amides is 1. The lowest BCUT2D eigenvalue weighted by Crippen LogP contribution is -2.36. The van der Waals surface area contributed by atoms with E-state index in [1.165, 1.54) is 6.07 Å². The highest BCUT2D eigenvalue weighted by Gasteiger charge is 2.29. The Morgan fingerprint density at radius 3 is 2.70 bits per heavy atom. The third-order valence-electron chi connectivity index (χ3n) is 3.91. The fourth-order valence-electron chi connectivity index (χ4n) is 2.73. The monoisotopic (exact) mass is 277 g/mol. The number of nitro groups is 1. The van der Waals surface area contributed by atoms with Gasteiger partial charge in [-0.1, -0.05) is 19.4 Å². The molecule has 1 amide bonds. The number of carbonyl (C=O) groups excluding carboxylic acids is 1. The van der Waals surface area contributed by atoms with Gasteiger partial charge in [-0.2, -0.15) is 0 Å². The Labute approximate surface area is 117 Å². The van der Waals surface area contributed by atoms with E-state index >= 15 is 0 Å². The van der Waals surface area contributed by atoms with Crippen LogP contribution in [-0.4, -0.2) is 23.9 Å². The molecule has 20 heavy (non-hydrogen) atoms. The summed E-state index contributed by atoms with van der Waals surface area (Å²) < 4.78 is 0. The van der Waals surface area contributed by atoms with Gasteiger partial charge in [-0.15, -0.1) is 0 Å². The van der Waals surface area contributed by atoms with Crippen LogP contribution in [0, 0.1) is 16.0 Å². The van der Waals surface area contributed by atoms with E-state index in [9.17, 15) is 14.9 Å². The van der Waals surface area contributed by atoms with Crippen LogP contribution < -0.4 is 10.6 Å². The van der Waals surface area contributed by atoms with E-state index in [0.29, 0.717) is 11.6 Å². The lowest BCUT2D eigenvalue weighted by molar-refractivity contribution is -0.384. The number of hydrogen-bond donors (Lipinski definition) is 2. The Hall–Kier alpha value is -2.11. The van der Waals surface area contributed by atoms with Gasteiger partial charge in [0.2, 0.25) is 0 Å². The number of benzene rings is 1. The second-order valence-corrected chi connectivity index (χ2v) is 5.20. The van der Waals surface area contributed by atoms with Gasteiger partial charge >= 0.3 is 5.69 Å². The van der Waals surface area contributed by atoms with Crippen LogP contribution in [0.25, 0.3) is 0 Å². The summed E-state index contributed by atoms with van der Waals surface area (Å²) >= 11 is 0. The molecular formula is C14H19N3O3. The van der Waals surface area contributed by atoms with Crippen molar-refractivity contribution in [3.63, 3.8) is 0 Å². The molecule has 1 aliphatic rings. The molecule has 0 radical (unpaired) electrons. The minimum Gasteiger partial charge on any atom is -0.383 e. The first kappa shape index (κ1) is 14.3. The van der Waals surface area contributed by atoms with Gasteiger partial charge in [0.25, 0.3) is 5.91 Å². The van der Waals surface area contributed by atoms with Gasteiger partial charge in [-0.3, -0.25) is 14.9 Å². The van der Waals surface area contributed by atoms with Crippen LogP contribution in [0.4, 0.5) is 11.4 Å². The summed E-state index contributed by atoms with van der Waals surface area (Å²) in [6.07, 6.45) is 3.11. The van der Waals surface area contributed by atoms with Crippen molar-refractivity contribution in [2.75, 3.05) is 12.4 Å². The third kappa shape index (κ3) is 2.74. The number of carbonyl (C=O) groups is 1. The van der Waals surface area contributed by atoms with Gasteiger partial charge in [-0.05, 0) is 30.9 Å². The molecule has 0 aliphatic heterocycles. The summed E-state index contributed by atoms with van der Waals surface area (Å²) in [6.45, 7) is 2.09. The molecule has 0 bridgehead atoms. The molecule has 1 aromatic rings. The predicted octanol–water partition coefficient (Wildman–Crippen LogP) is 2.55. The average molecular weight is 277 g/mol. The SMILES string of the molecule is CNc1cccc(C(=O)NC2CCCC2C)c1[N+](=O)[O-]. The Balaban J connectivity index is 2.27. The molecule has 0 aromatic heterocycles. The largest absolute Gasteiger partial charge is 0.383 e. The fraction of sp³-hybridized carbons (Fsp3) is 0.500. The van der Waals surface area contributed by atoms with Crippen molar-refractivity contribution in [2.24, 2.45) is 5.92 Å². The zero-order chi connectivity index (χ0) is 14.7. The molecule has 0 spiro atoms. The molecule has 2 atom stereocenters. The number of hydrogen-bond acceptors (Lipinski definition) is 4. The second kappa shape index (κ2) is 5.90.